The quantitative estimate of drug-likeness (QED) is 0.804. The van der Waals surface area contributed by atoms with Crippen LogP contribution in [0.5, 0.6) is 0 Å². The summed E-state index contributed by atoms with van der Waals surface area (Å²) in [6, 6.07) is 0.687. The first-order chi connectivity index (χ1) is 9.20. The van der Waals surface area contributed by atoms with Crippen molar-refractivity contribution in [3.8, 4) is 0 Å². The molecule has 1 heterocycles. The molecule has 0 radical (unpaired) electrons. The fourth-order valence-electron chi connectivity index (χ4n) is 2.51. The van der Waals surface area contributed by atoms with Crippen molar-refractivity contribution < 1.29 is 4.79 Å². The Bertz CT molecular complexity index is 411. The highest BCUT2D eigenvalue weighted by Gasteiger charge is 2.19. The van der Waals surface area contributed by atoms with Gasteiger partial charge < -0.3 is 10.2 Å². The molecule has 6 heteroatoms. The highest BCUT2D eigenvalue weighted by Crippen LogP contribution is 2.21. The Balaban J connectivity index is 1.71. The number of H-pyrrole nitrogens is 1. The van der Waals surface area contributed by atoms with E-state index in [9.17, 15) is 4.79 Å². The fourth-order valence-corrected chi connectivity index (χ4v) is 2.51. The van der Waals surface area contributed by atoms with E-state index < -0.39 is 0 Å². The van der Waals surface area contributed by atoms with Gasteiger partial charge in [-0.05, 0) is 19.9 Å². The zero-order valence-electron chi connectivity index (χ0n) is 11.8. The second-order valence-corrected chi connectivity index (χ2v) is 5.13. The smallest absolute Gasteiger partial charge is 0.291 e. The van der Waals surface area contributed by atoms with Crippen LogP contribution in [0.15, 0.2) is 0 Å². The van der Waals surface area contributed by atoms with Crippen molar-refractivity contribution in [2.45, 2.75) is 45.1 Å². The van der Waals surface area contributed by atoms with E-state index in [1.54, 1.807) is 0 Å². The normalized spacial score (nSPS) is 16.2. The van der Waals surface area contributed by atoms with E-state index >= 15 is 0 Å². The third-order valence-electron chi connectivity index (χ3n) is 3.77. The lowest BCUT2D eigenvalue weighted by Gasteiger charge is -2.23. The number of rotatable bonds is 6. The van der Waals surface area contributed by atoms with Gasteiger partial charge in [0.15, 0.2) is 0 Å². The van der Waals surface area contributed by atoms with Crippen molar-refractivity contribution in [2.75, 3.05) is 20.1 Å². The molecule has 1 fully saturated rings. The molecular weight excluding hydrogens is 242 g/mol. The molecule has 19 heavy (non-hydrogen) atoms. The van der Waals surface area contributed by atoms with Gasteiger partial charge in [0.05, 0.1) is 0 Å². The van der Waals surface area contributed by atoms with E-state index in [0.29, 0.717) is 12.6 Å². The molecule has 1 aromatic rings. The maximum atomic E-state index is 11.8. The van der Waals surface area contributed by atoms with E-state index in [-0.39, 0.29) is 11.7 Å². The van der Waals surface area contributed by atoms with Crippen molar-refractivity contribution in [3.05, 3.63) is 11.6 Å². The van der Waals surface area contributed by atoms with E-state index in [4.69, 9.17) is 0 Å². The van der Waals surface area contributed by atoms with Crippen LogP contribution in [-0.2, 0) is 6.42 Å². The maximum Gasteiger partial charge on any atom is 0.291 e. The summed E-state index contributed by atoms with van der Waals surface area (Å²) < 4.78 is 0. The molecule has 106 valence electrons. The molecule has 1 aliphatic rings. The molecule has 6 nitrogen and oxygen atoms in total. The molecule has 0 saturated heterocycles. The lowest BCUT2D eigenvalue weighted by atomic mass is 10.2. The number of hydrogen-bond acceptors (Lipinski definition) is 4. The van der Waals surface area contributed by atoms with Crippen LogP contribution < -0.4 is 5.32 Å². The van der Waals surface area contributed by atoms with Gasteiger partial charge in [0.2, 0.25) is 5.82 Å². The topological polar surface area (TPSA) is 73.9 Å². The lowest BCUT2D eigenvalue weighted by Crippen LogP contribution is -2.37. The highest BCUT2D eigenvalue weighted by molar-refractivity contribution is 5.90. The zero-order valence-corrected chi connectivity index (χ0v) is 11.8. The molecule has 1 aromatic heterocycles. The number of likely N-dealkylation sites (N-methyl/N-ethyl adjacent to an activating group) is 1. The second-order valence-electron chi connectivity index (χ2n) is 5.13. The largest absolute Gasteiger partial charge is 0.348 e. The minimum Gasteiger partial charge on any atom is -0.348 e. The van der Waals surface area contributed by atoms with E-state index in [1.807, 2.05) is 6.92 Å². The average Bonchev–Trinajstić information content (AvgIpc) is 3.09. The van der Waals surface area contributed by atoms with Gasteiger partial charge in [-0.2, -0.15) is 0 Å². The van der Waals surface area contributed by atoms with Gasteiger partial charge in [-0.25, -0.2) is 4.98 Å². The number of aromatic amines is 1. The Morgan fingerprint density at radius 1 is 1.47 bits per heavy atom. The summed E-state index contributed by atoms with van der Waals surface area (Å²) in [4.78, 5) is 18.2. The minimum atomic E-state index is -0.198. The van der Waals surface area contributed by atoms with E-state index in [0.717, 1.165) is 18.8 Å². The third kappa shape index (κ3) is 3.76. The number of carbonyl (C=O) groups is 1. The van der Waals surface area contributed by atoms with Crippen LogP contribution in [0, 0.1) is 0 Å². The van der Waals surface area contributed by atoms with Gasteiger partial charge in [-0.15, -0.1) is 5.10 Å². The molecule has 1 amide bonds. The summed E-state index contributed by atoms with van der Waals surface area (Å²) in [5.74, 6) is 0.782. The first kappa shape index (κ1) is 14.0. The Morgan fingerprint density at radius 2 is 2.21 bits per heavy atom. The summed E-state index contributed by atoms with van der Waals surface area (Å²) >= 11 is 0. The van der Waals surface area contributed by atoms with Crippen LogP contribution in [0.4, 0.5) is 0 Å². The van der Waals surface area contributed by atoms with Crippen molar-refractivity contribution in [1.82, 2.24) is 25.4 Å². The van der Waals surface area contributed by atoms with Crippen LogP contribution >= 0.6 is 0 Å². The summed E-state index contributed by atoms with van der Waals surface area (Å²) in [6.07, 6.45) is 5.98. The van der Waals surface area contributed by atoms with Crippen LogP contribution in [0.25, 0.3) is 0 Å². The Kier molecular flexibility index (Phi) is 4.90. The van der Waals surface area contributed by atoms with Crippen LogP contribution in [-0.4, -0.2) is 52.2 Å². The predicted molar refractivity (Wildman–Crippen MR) is 73.0 cm³/mol. The summed E-state index contributed by atoms with van der Waals surface area (Å²) in [7, 11) is 2.13. The summed E-state index contributed by atoms with van der Waals surface area (Å²) in [5, 5.41) is 9.51. The van der Waals surface area contributed by atoms with Gasteiger partial charge in [0.25, 0.3) is 5.91 Å². The lowest BCUT2D eigenvalue weighted by molar-refractivity contribution is 0.0937. The number of aryl methyl sites for hydroxylation is 1. The highest BCUT2D eigenvalue weighted by atomic mass is 16.2. The molecular formula is C13H23N5O. The van der Waals surface area contributed by atoms with Gasteiger partial charge in [0.1, 0.15) is 5.82 Å². The van der Waals surface area contributed by atoms with Gasteiger partial charge >= 0.3 is 0 Å². The molecule has 2 N–H and O–H groups in total. The van der Waals surface area contributed by atoms with Gasteiger partial charge in [-0.1, -0.05) is 19.8 Å². The summed E-state index contributed by atoms with van der Waals surface area (Å²) in [6.45, 7) is 3.49. The van der Waals surface area contributed by atoms with Crippen molar-refractivity contribution in [3.63, 3.8) is 0 Å². The number of nitrogens with zero attached hydrogens (tertiary/aromatic N) is 3. The molecule has 0 aliphatic heterocycles. The molecule has 0 aromatic carbocycles. The van der Waals surface area contributed by atoms with Crippen LogP contribution in [0.3, 0.4) is 0 Å². The number of hydrogen-bond donors (Lipinski definition) is 2. The maximum absolute atomic E-state index is 11.8. The number of aromatic nitrogens is 3. The number of nitrogens with one attached hydrogen (secondary N) is 2. The molecule has 0 unspecified atom stereocenters. The Hall–Kier alpha value is -1.43. The van der Waals surface area contributed by atoms with Crippen LogP contribution in [0.1, 0.15) is 49.1 Å². The molecule has 0 atom stereocenters. The first-order valence-corrected chi connectivity index (χ1v) is 7.10. The Labute approximate surface area is 114 Å². The first-order valence-electron chi connectivity index (χ1n) is 7.10. The Morgan fingerprint density at radius 3 is 2.84 bits per heavy atom. The average molecular weight is 265 g/mol. The summed E-state index contributed by atoms with van der Waals surface area (Å²) in [5.41, 5.74) is 0. The van der Waals surface area contributed by atoms with Gasteiger partial charge in [-0.3, -0.25) is 9.89 Å². The fraction of sp³-hybridized carbons (Fsp3) is 0.769. The third-order valence-corrected chi connectivity index (χ3v) is 3.77. The molecule has 2 rings (SSSR count). The van der Waals surface area contributed by atoms with E-state index in [2.05, 4.69) is 32.4 Å². The standard InChI is InChI=1S/C13H23N5O/c1-3-11-15-12(17-16-11)13(19)14-8-9-18(2)10-6-4-5-7-10/h10H,3-9H2,1-2H3,(H,14,19)(H,15,16,17). The predicted octanol–water partition coefficient (Wildman–Crippen LogP) is 0.971. The van der Waals surface area contributed by atoms with Gasteiger partial charge in [0, 0.05) is 25.6 Å². The molecule has 1 aliphatic carbocycles. The number of amides is 1. The second kappa shape index (κ2) is 6.65. The molecule has 0 bridgehead atoms. The van der Waals surface area contributed by atoms with E-state index in [1.165, 1.54) is 25.7 Å². The minimum absolute atomic E-state index is 0.198. The van der Waals surface area contributed by atoms with Crippen molar-refractivity contribution in [1.29, 1.82) is 0 Å². The molecule has 1 saturated carbocycles. The zero-order chi connectivity index (χ0) is 13.7. The van der Waals surface area contributed by atoms with Crippen molar-refractivity contribution in [2.24, 2.45) is 0 Å². The molecule has 0 spiro atoms. The monoisotopic (exact) mass is 265 g/mol. The number of carbonyl (C=O) groups excluding carboxylic acids is 1. The SMILES string of the molecule is CCc1nc(C(=O)NCCN(C)C2CCCC2)n[nH]1. The van der Waals surface area contributed by atoms with Crippen molar-refractivity contribution >= 4 is 5.91 Å². The van der Waals surface area contributed by atoms with Crippen LogP contribution in [0.2, 0.25) is 0 Å².